The molecule has 0 fully saturated rings. The van der Waals surface area contributed by atoms with Crippen molar-refractivity contribution in [3.63, 3.8) is 0 Å². The maximum absolute atomic E-state index is 12.5. The molecule has 10 heteroatoms. The largest absolute Gasteiger partial charge is 0.493 e. The number of hydrogen-bond donors (Lipinski definition) is 3. The van der Waals surface area contributed by atoms with Crippen molar-refractivity contribution in [3.05, 3.63) is 114 Å². The van der Waals surface area contributed by atoms with Gasteiger partial charge in [0.25, 0.3) is 0 Å². The van der Waals surface area contributed by atoms with Crippen LogP contribution in [0.25, 0.3) is 11.4 Å². The summed E-state index contributed by atoms with van der Waals surface area (Å²) in [6, 6.07) is 23.0. The van der Waals surface area contributed by atoms with Crippen molar-refractivity contribution < 1.29 is 24.2 Å². The smallest absolute Gasteiger partial charge is 0.338 e. The number of carboxylic acid groups (broad SMARTS) is 1. The van der Waals surface area contributed by atoms with Gasteiger partial charge in [0.15, 0.2) is 5.82 Å². The molecular formula is C33H35ClN4O5. The van der Waals surface area contributed by atoms with E-state index in [4.69, 9.17) is 25.3 Å². The van der Waals surface area contributed by atoms with Crippen LogP contribution in [0.2, 0.25) is 0 Å². The molecule has 0 aliphatic carbocycles. The third kappa shape index (κ3) is 9.39. The number of nitrogens with zero attached hydrogens (tertiary/aromatic N) is 2. The van der Waals surface area contributed by atoms with E-state index in [2.05, 4.69) is 16.9 Å². The van der Waals surface area contributed by atoms with Crippen LogP contribution in [0, 0.1) is 6.92 Å². The fraction of sp³-hybridized carbons (Fsp3) is 0.212. The maximum atomic E-state index is 12.5. The van der Waals surface area contributed by atoms with E-state index in [9.17, 15) is 9.59 Å². The third-order valence-corrected chi connectivity index (χ3v) is 6.46. The molecule has 224 valence electrons. The van der Waals surface area contributed by atoms with E-state index in [0.717, 1.165) is 28.1 Å². The van der Waals surface area contributed by atoms with Crippen LogP contribution in [-0.2, 0) is 22.4 Å². The number of benzene rings is 3. The molecule has 9 nitrogen and oxygen atoms in total. The number of ether oxygens (including phenoxy) is 2. The molecule has 0 aliphatic heterocycles. The predicted molar refractivity (Wildman–Crippen MR) is 169 cm³/mol. The molecule has 4 aromatic rings. The van der Waals surface area contributed by atoms with Gasteiger partial charge in [0.1, 0.15) is 17.6 Å². The fourth-order valence-corrected chi connectivity index (χ4v) is 4.19. The van der Waals surface area contributed by atoms with Gasteiger partial charge in [0.05, 0.1) is 18.8 Å². The quantitative estimate of drug-likeness (QED) is 0.0911. The molecule has 0 bridgehead atoms. The van der Waals surface area contributed by atoms with Crippen molar-refractivity contribution >= 4 is 35.9 Å². The third-order valence-electron chi connectivity index (χ3n) is 6.46. The molecule has 1 atom stereocenters. The SMILES string of the molecule is C=CCc1c(C)nc(-c2ccccc2)nc1Nc1ccc(C(=O)OCCCOc2ccc(C[C@H](N)C(=O)O)cc2)cc1.Cl. The van der Waals surface area contributed by atoms with Crippen LogP contribution in [-0.4, -0.2) is 46.3 Å². The first kappa shape index (κ1) is 32.8. The summed E-state index contributed by atoms with van der Waals surface area (Å²) in [4.78, 5) is 32.9. The summed E-state index contributed by atoms with van der Waals surface area (Å²) in [6.07, 6.45) is 3.19. The van der Waals surface area contributed by atoms with Gasteiger partial charge in [0.2, 0.25) is 0 Å². The van der Waals surface area contributed by atoms with Crippen LogP contribution in [0.15, 0.2) is 91.5 Å². The lowest BCUT2D eigenvalue weighted by Crippen LogP contribution is -2.32. The summed E-state index contributed by atoms with van der Waals surface area (Å²) in [5, 5.41) is 12.3. The zero-order chi connectivity index (χ0) is 29.9. The summed E-state index contributed by atoms with van der Waals surface area (Å²) in [5.41, 5.74) is 10.3. The van der Waals surface area contributed by atoms with Crippen LogP contribution >= 0.6 is 12.4 Å². The minimum atomic E-state index is -1.04. The molecule has 0 aliphatic rings. The first-order valence-electron chi connectivity index (χ1n) is 13.6. The number of aryl methyl sites for hydroxylation is 1. The first-order valence-corrected chi connectivity index (χ1v) is 13.6. The summed E-state index contributed by atoms with van der Waals surface area (Å²) >= 11 is 0. The average molecular weight is 603 g/mol. The molecule has 0 amide bonds. The van der Waals surface area contributed by atoms with Crippen LogP contribution in [0.5, 0.6) is 5.75 Å². The van der Waals surface area contributed by atoms with Gasteiger partial charge >= 0.3 is 11.9 Å². The van der Waals surface area contributed by atoms with E-state index >= 15 is 0 Å². The maximum Gasteiger partial charge on any atom is 0.338 e. The second kappa shape index (κ2) is 16.1. The fourth-order valence-electron chi connectivity index (χ4n) is 4.19. The Hall–Kier alpha value is -4.73. The molecule has 1 aromatic heterocycles. The summed E-state index contributed by atoms with van der Waals surface area (Å²) in [7, 11) is 0. The summed E-state index contributed by atoms with van der Waals surface area (Å²) < 4.78 is 11.1. The van der Waals surface area contributed by atoms with Gasteiger partial charge in [0, 0.05) is 28.9 Å². The number of esters is 1. The number of hydrogen-bond acceptors (Lipinski definition) is 8. The molecule has 43 heavy (non-hydrogen) atoms. The molecule has 0 unspecified atom stereocenters. The van der Waals surface area contributed by atoms with E-state index < -0.39 is 18.0 Å². The molecule has 0 spiro atoms. The van der Waals surface area contributed by atoms with Crippen molar-refractivity contribution in [2.75, 3.05) is 18.5 Å². The number of carbonyl (C=O) groups is 2. The van der Waals surface area contributed by atoms with Gasteiger partial charge in [-0.1, -0.05) is 48.5 Å². The number of anilines is 2. The highest BCUT2D eigenvalue weighted by Crippen LogP contribution is 2.26. The molecule has 0 radical (unpaired) electrons. The number of allylic oxidation sites excluding steroid dienone is 1. The van der Waals surface area contributed by atoms with E-state index in [1.807, 2.05) is 55.5 Å². The normalized spacial score (nSPS) is 11.1. The predicted octanol–water partition coefficient (Wildman–Crippen LogP) is 5.93. The Balaban J connectivity index is 0.00000506. The number of nitrogens with two attached hydrogens (primary N) is 1. The Bertz CT molecular complexity index is 1510. The summed E-state index contributed by atoms with van der Waals surface area (Å²) in [6.45, 7) is 6.39. The van der Waals surface area contributed by atoms with Crippen LogP contribution in [0.4, 0.5) is 11.5 Å². The molecular weight excluding hydrogens is 568 g/mol. The highest BCUT2D eigenvalue weighted by molar-refractivity contribution is 5.90. The highest BCUT2D eigenvalue weighted by atomic mass is 35.5. The molecule has 4 rings (SSSR count). The number of aliphatic carboxylic acids is 1. The van der Waals surface area contributed by atoms with Gasteiger partial charge in [-0.2, -0.15) is 0 Å². The molecule has 3 aromatic carbocycles. The Kier molecular flexibility index (Phi) is 12.2. The summed E-state index contributed by atoms with van der Waals surface area (Å²) in [5.74, 6) is 0.505. The Morgan fingerprint density at radius 2 is 1.70 bits per heavy atom. The standard InChI is InChI=1S/C33H34N4O5.ClH/c1-3-8-28-22(2)35-30(24-9-5-4-6-10-24)37-31(28)36-26-15-13-25(14-16-26)33(40)42-20-7-19-41-27-17-11-23(12-18-27)21-29(34)32(38)39;/h3-6,9-18,29H,1,7-8,19-21,34H2,2H3,(H,38,39)(H,35,36,37);1H/t29-;/m0./s1. The Morgan fingerprint density at radius 1 is 1.00 bits per heavy atom. The van der Waals surface area contributed by atoms with E-state index in [0.29, 0.717) is 42.4 Å². The lowest BCUT2D eigenvalue weighted by molar-refractivity contribution is -0.138. The second-order valence-corrected chi connectivity index (χ2v) is 9.65. The minimum Gasteiger partial charge on any atom is -0.493 e. The number of carbonyl (C=O) groups excluding carboxylic acids is 1. The van der Waals surface area contributed by atoms with Gasteiger partial charge in [-0.15, -0.1) is 19.0 Å². The number of rotatable bonds is 14. The number of carboxylic acids is 1. The number of nitrogens with one attached hydrogen (secondary N) is 1. The van der Waals surface area contributed by atoms with Crippen molar-refractivity contribution in [1.29, 1.82) is 0 Å². The van der Waals surface area contributed by atoms with Crippen molar-refractivity contribution in [2.45, 2.75) is 32.2 Å². The van der Waals surface area contributed by atoms with Gasteiger partial charge in [-0.25, -0.2) is 14.8 Å². The molecule has 4 N–H and O–H groups in total. The second-order valence-electron chi connectivity index (χ2n) is 9.65. The van der Waals surface area contributed by atoms with E-state index in [1.54, 1.807) is 36.4 Å². The lowest BCUT2D eigenvalue weighted by atomic mass is 10.1. The van der Waals surface area contributed by atoms with Gasteiger partial charge in [-0.05, 0) is 61.7 Å². The molecule has 0 saturated carbocycles. The van der Waals surface area contributed by atoms with Gasteiger partial charge < -0.3 is 25.6 Å². The topological polar surface area (TPSA) is 137 Å². The number of aromatic nitrogens is 2. The van der Waals surface area contributed by atoms with Crippen molar-refractivity contribution in [1.82, 2.24) is 9.97 Å². The van der Waals surface area contributed by atoms with Crippen molar-refractivity contribution in [2.24, 2.45) is 5.73 Å². The van der Waals surface area contributed by atoms with E-state index in [-0.39, 0.29) is 25.4 Å². The Labute approximate surface area is 257 Å². The van der Waals surface area contributed by atoms with Crippen LogP contribution in [0.3, 0.4) is 0 Å². The molecule has 1 heterocycles. The van der Waals surface area contributed by atoms with Crippen molar-refractivity contribution in [3.8, 4) is 17.1 Å². The van der Waals surface area contributed by atoms with Crippen LogP contribution in [0.1, 0.15) is 33.6 Å². The van der Waals surface area contributed by atoms with E-state index in [1.165, 1.54) is 0 Å². The number of halogens is 1. The highest BCUT2D eigenvalue weighted by Gasteiger charge is 2.14. The minimum absolute atomic E-state index is 0. The Morgan fingerprint density at radius 3 is 2.35 bits per heavy atom. The van der Waals surface area contributed by atoms with Crippen LogP contribution < -0.4 is 15.8 Å². The molecule has 0 saturated heterocycles. The zero-order valence-corrected chi connectivity index (χ0v) is 24.7. The lowest BCUT2D eigenvalue weighted by Gasteiger charge is -2.14. The monoisotopic (exact) mass is 602 g/mol. The zero-order valence-electron chi connectivity index (χ0n) is 23.9. The average Bonchev–Trinajstić information content (AvgIpc) is 3.00. The first-order chi connectivity index (χ1) is 20.3. The van der Waals surface area contributed by atoms with Gasteiger partial charge in [-0.3, -0.25) is 4.79 Å².